The molecule has 1 atom stereocenters. The topological polar surface area (TPSA) is 119 Å². The van der Waals surface area contributed by atoms with Gasteiger partial charge in [0.25, 0.3) is 0 Å². The van der Waals surface area contributed by atoms with E-state index in [1.165, 1.54) is 6.07 Å². The molecule has 0 radical (unpaired) electrons. The first-order valence-electron chi connectivity index (χ1n) is 10.0. The number of carbonyl (C=O) groups is 1. The van der Waals surface area contributed by atoms with E-state index in [2.05, 4.69) is 10.6 Å². The molecule has 0 saturated heterocycles. The quantitative estimate of drug-likeness (QED) is 0.313. The molecule has 0 saturated carbocycles. The van der Waals surface area contributed by atoms with E-state index < -0.39 is 6.10 Å². The highest BCUT2D eigenvalue weighted by Gasteiger charge is 2.22. The Morgan fingerprint density at radius 2 is 1.84 bits per heavy atom. The molecule has 1 amide bonds. The minimum atomic E-state index is -0.733. The van der Waals surface area contributed by atoms with Gasteiger partial charge in [0.2, 0.25) is 5.91 Å². The van der Waals surface area contributed by atoms with Crippen LogP contribution in [0.2, 0.25) is 0 Å². The Kier molecular flexibility index (Phi) is 7.80. The largest absolute Gasteiger partial charge is 0.506 e. The maximum Gasteiger partial charge on any atom is 0.224 e. The van der Waals surface area contributed by atoms with Gasteiger partial charge in [0.05, 0.1) is 19.9 Å². The Morgan fingerprint density at radius 3 is 2.61 bits per heavy atom. The summed E-state index contributed by atoms with van der Waals surface area (Å²) in [6.07, 6.45) is 0.0766. The molecule has 2 aromatic rings. The van der Waals surface area contributed by atoms with E-state index in [-0.39, 0.29) is 18.3 Å². The summed E-state index contributed by atoms with van der Waals surface area (Å²) in [5.41, 5.74) is 1.12. The smallest absolute Gasteiger partial charge is 0.224 e. The molecular weight excluding hydrogens is 404 g/mol. The number of methoxy groups -OCH3 is 2. The molecule has 0 aliphatic carbocycles. The number of rotatable bonds is 11. The van der Waals surface area contributed by atoms with Gasteiger partial charge in [0.15, 0.2) is 11.5 Å². The minimum Gasteiger partial charge on any atom is -0.506 e. The lowest BCUT2D eigenvalue weighted by Crippen LogP contribution is -2.33. The Hall–Kier alpha value is -3.17. The van der Waals surface area contributed by atoms with E-state index in [1.807, 2.05) is 0 Å². The van der Waals surface area contributed by atoms with E-state index in [0.717, 1.165) is 5.56 Å². The first-order chi connectivity index (χ1) is 15.0. The molecule has 1 heterocycles. The molecular formula is C22H28N2O7. The van der Waals surface area contributed by atoms with E-state index in [4.69, 9.17) is 18.9 Å². The number of nitrogens with one attached hydrogen (secondary N) is 2. The monoisotopic (exact) mass is 432 g/mol. The molecule has 9 heteroatoms. The number of aromatic hydroxyl groups is 1. The van der Waals surface area contributed by atoms with Crippen molar-refractivity contribution >= 4 is 11.6 Å². The average Bonchev–Trinajstić information content (AvgIpc) is 2.78. The fourth-order valence-corrected chi connectivity index (χ4v) is 3.24. The number of carbonyl (C=O) groups excluding carboxylic acids is 1. The van der Waals surface area contributed by atoms with Crippen molar-refractivity contribution in [1.82, 2.24) is 5.32 Å². The lowest BCUT2D eigenvalue weighted by Gasteiger charge is -2.22. The number of phenols is 1. The van der Waals surface area contributed by atoms with Crippen molar-refractivity contribution in [2.24, 2.45) is 0 Å². The minimum absolute atomic E-state index is 0.00657. The molecule has 1 unspecified atom stereocenters. The van der Waals surface area contributed by atoms with Gasteiger partial charge in [-0.25, -0.2) is 0 Å². The van der Waals surface area contributed by atoms with Crippen LogP contribution < -0.4 is 29.6 Å². The zero-order valence-electron chi connectivity index (χ0n) is 17.6. The van der Waals surface area contributed by atoms with Crippen molar-refractivity contribution < 1.29 is 34.0 Å². The van der Waals surface area contributed by atoms with Gasteiger partial charge in [0, 0.05) is 31.1 Å². The van der Waals surface area contributed by atoms with Crippen molar-refractivity contribution in [3.05, 3.63) is 35.9 Å². The van der Waals surface area contributed by atoms with Crippen molar-refractivity contribution in [1.29, 1.82) is 0 Å². The third-order valence-electron chi connectivity index (χ3n) is 4.83. The number of fused-ring (bicyclic) bond motifs is 1. The second-order valence-corrected chi connectivity index (χ2v) is 7.02. The molecule has 9 nitrogen and oxygen atoms in total. The van der Waals surface area contributed by atoms with Crippen LogP contribution in [0.4, 0.5) is 5.69 Å². The highest BCUT2D eigenvalue weighted by atomic mass is 16.5. The fraction of sp³-hybridized carbons (Fsp3) is 0.409. The Bertz CT molecular complexity index is 904. The predicted molar refractivity (Wildman–Crippen MR) is 114 cm³/mol. The Morgan fingerprint density at radius 1 is 1.06 bits per heavy atom. The number of phenolic OH excluding ortho intramolecular Hbond substituents is 1. The Balaban J connectivity index is 1.39. The van der Waals surface area contributed by atoms with Gasteiger partial charge in [0.1, 0.15) is 36.6 Å². The third-order valence-corrected chi connectivity index (χ3v) is 4.83. The first kappa shape index (κ1) is 22.5. The van der Waals surface area contributed by atoms with Crippen molar-refractivity contribution in [3.8, 4) is 28.7 Å². The van der Waals surface area contributed by atoms with E-state index in [0.29, 0.717) is 61.2 Å². The zero-order valence-corrected chi connectivity index (χ0v) is 17.6. The Labute approximate surface area is 180 Å². The van der Waals surface area contributed by atoms with Crippen LogP contribution in [0, 0.1) is 0 Å². The number of benzene rings is 2. The number of aliphatic hydroxyl groups excluding tert-OH is 1. The highest BCUT2D eigenvalue weighted by molar-refractivity contribution is 5.96. The summed E-state index contributed by atoms with van der Waals surface area (Å²) in [6, 6.07) is 8.43. The van der Waals surface area contributed by atoms with Crippen LogP contribution in [0.25, 0.3) is 0 Å². The summed E-state index contributed by atoms with van der Waals surface area (Å²) in [5.74, 6) is 2.30. The molecule has 3 rings (SSSR count). The summed E-state index contributed by atoms with van der Waals surface area (Å²) in [5, 5.41) is 25.9. The van der Waals surface area contributed by atoms with E-state index >= 15 is 0 Å². The number of amides is 1. The average molecular weight is 432 g/mol. The molecule has 4 N–H and O–H groups in total. The molecule has 0 bridgehead atoms. The lowest BCUT2D eigenvalue weighted by molar-refractivity contribution is -0.116. The maximum absolute atomic E-state index is 11.5. The summed E-state index contributed by atoms with van der Waals surface area (Å²) >= 11 is 0. The van der Waals surface area contributed by atoms with Crippen LogP contribution in [0.3, 0.4) is 0 Å². The van der Waals surface area contributed by atoms with Gasteiger partial charge in [-0.3, -0.25) is 4.79 Å². The van der Waals surface area contributed by atoms with Crippen molar-refractivity contribution in [2.45, 2.75) is 18.9 Å². The summed E-state index contributed by atoms with van der Waals surface area (Å²) in [4.78, 5) is 11.5. The molecule has 0 fully saturated rings. The van der Waals surface area contributed by atoms with E-state index in [1.54, 1.807) is 38.5 Å². The number of hydrogen-bond acceptors (Lipinski definition) is 8. The molecule has 168 valence electrons. The lowest BCUT2D eigenvalue weighted by atomic mass is 10.0. The van der Waals surface area contributed by atoms with Gasteiger partial charge >= 0.3 is 0 Å². The van der Waals surface area contributed by atoms with Gasteiger partial charge in [-0.05, 0) is 30.7 Å². The highest BCUT2D eigenvalue weighted by Crippen LogP contribution is 2.38. The van der Waals surface area contributed by atoms with Crippen LogP contribution in [0.5, 0.6) is 28.7 Å². The van der Waals surface area contributed by atoms with Gasteiger partial charge in [-0.2, -0.15) is 0 Å². The molecule has 1 aliphatic rings. The molecule has 0 aromatic heterocycles. The zero-order chi connectivity index (χ0) is 22.2. The van der Waals surface area contributed by atoms with Crippen LogP contribution >= 0.6 is 0 Å². The van der Waals surface area contributed by atoms with Gasteiger partial charge in [-0.1, -0.05) is 0 Å². The normalized spacial score (nSPS) is 13.7. The summed E-state index contributed by atoms with van der Waals surface area (Å²) in [6.45, 7) is 1.35. The van der Waals surface area contributed by atoms with Crippen LogP contribution in [-0.4, -0.2) is 62.7 Å². The summed E-state index contributed by atoms with van der Waals surface area (Å²) < 4.78 is 21.8. The van der Waals surface area contributed by atoms with Gasteiger partial charge < -0.3 is 39.8 Å². The molecule has 1 aliphatic heterocycles. The number of ether oxygens (including phenoxy) is 4. The molecule has 0 spiro atoms. The van der Waals surface area contributed by atoms with Crippen molar-refractivity contribution in [2.75, 3.05) is 45.8 Å². The van der Waals surface area contributed by atoms with Crippen LogP contribution in [0.1, 0.15) is 12.0 Å². The van der Waals surface area contributed by atoms with Crippen LogP contribution in [0.15, 0.2) is 30.3 Å². The number of hydrogen-bond donors (Lipinski definition) is 4. The SMILES string of the molecule is COc1ccc(OCCNCC(O)COc2ccc(O)c3c2CCC(=O)N3)cc1OC. The molecule has 31 heavy (non-hydrogen) atoms. The number of anilines is 1. The standard InChI is InChI=1S/C22H28N2O7/c1-28-19-6-3-15(11-20(19)29-2)30-10-9-23-12-14(25)13-31-18-7-5-17(26)22-16(18)4-8-21(27)24-22/h3,5-7,11,14,23,25-26H,4,8-10,12-13H2,1-2H3,(H,24,27). The van der Waals surface area contributed by atoms with Gasteiger partial charge in [-0.15, -0.1) is 0 Å². The van der Waals surface area contributed by atoms with Crippen LogP contribution in [-0.2, 0) is 11.2 Å². The third kappa shape index (κ3) is 5.93. The second-order valence-electron chi connectivity index (χ2n) is 7.02. The van der Waals surface area contributed by atoms with E-state index in [9.17, 15) is 15.0 Å². The van der Waals surface area contributed by atoms with Crippen molar-refractivity contribution in [3.63, 3.8) is 0 Å². The predicted octanol–water partition coefficient (Wildman–Crippen LogP) is 1.70. The fourth-order valence-electron chi connectivity index (χ4n) is 3.24. The molecule has 2 aromatic carbocycles. The summed E-state index contributed by atoms with van der Waals surface area (Å²) in [7, 11) is 3.14. The first-order valence-corrected chi connectivity index (χ1v) is 10.0. The second kappa shape index (κ2) is 10.7. The maximum atomic E-state index is 11.5. The number of aliphatic hydroxyl groups is 1.